The fourth-order valence-corrected chi connectivity index (χ4v) is 1.79. The molecular formula is C11H19N5O. The first-order chi connectivity index (χ1) is 8.20. The molecule has 0 aliphatic carbocycles. The van der Waals surface area contributed by atoms with Gasteiger partial charge in [-0.1, -0.05) is 6.08 Å². The summed E-state index contributed by atoms with van der Waals surface area (Å²) >= 11 is 0. The third-order valence-electron chi connectivity index (χ3n) is 2.95. The summed E-state index contributed by atoms with van der Waals surface area (Å²) in [6, 6.07) is -0.249. The van der Waals surface area contributed by atoms with Gasteiger partial charge in [0.2, 0.25) is 5.89 Å². The highest BCUT2D eigenvalue weighted by molar-refractivity contribution is 5.28. The first-order valence-corrected chi connectivity index (χ1v) is 5.84. The molecule has 17 heavy (non-hydrogen) atoms. The number of aromatic nitrogens is 2. The van der Waals surface area contributed by atoms with Crippen molar-refractivity contribution in [3.05, 3.63) is 18.5 Å². The fourth-order valence-electron chi connectivity index (χ4n) is 1.79. The molecule has 1 atom stereocenters. The van der Waals surface area contributed by atoms with Gasteiger partial charge in [-0.3, -0.25) is 0 Å². The van der Waals surface area contributed by atoms with Crippen molar-refractivity contribution in [2.75, 3.05) is 38.1 Å². The number of hydrogen-bond acceptors (Lipinski definition) is 6. The van der Waals surface area contributed by atoms with Gasteiger partial charge in [0.1, 0.15) is 0 Å². The van der Waals surface area contributed by atoms with Gasteiger partial charge in [-0.2, -0.15) is 4.98 Å². The van der Waals surface area contributed by atoms with Crippen LogP contribution in [0.15, 0.2) is 17.2 Å². The minimum absolute atomic E-state index is 0.249. The summed E-state index contributed by atoms with van der Waals surface area (Å²) in [7, 11) is 2.11. The van der Waals surface area contributed by atoms with E-state index in [1.807, 2.05) is 0 Å². The van der Waals surface area contributed by atoms with E-state index in [0.29, 0.717) is 18.3 Å². The number of anilines is 1. The van der Waals surface area contributed by atoms with Crippen molar-refractivity contribution in [3.8, 4) is 0 Å². The molecule has 6 nitrogen and oxygen atoms in total. The highest BCUT2D eigenvalue weighted by Crippen LogP contribution is 2.17. The lowest BCUT2D eigenvalue weighted by molar-refractivity contribution is 0.308. The Balaban J connectivity index is 2.00. The molecule has 0 aromatic carbocycles. The second-order valence-corrected chi connectivity index (χ2v) is 4.35. The van der Waals surface area contributed by atoms with Crippen LogP contribution in [0.2, 0.25) is 0 Å². The van der Waals surface area contributed by atoms with Crippen molar-refractivity contribution in [1.82, 2.24) is 15.0 Å². The molecule has 1 fully saturated rings. The van der Waals surface area contributed by atoms with Crippen LogP contribution in [0.4, 0.5) is 5.95 Å². The lowest BCUT2D eigenvalue weighted by atomic mass is 10.2. The quantitative estimate of drug-likeness (QED) is 0.764. The molecule has 0 saturated carbocycles. The van der Waals surface area contributed by atoms with Crippen molar-refractivity contribution in [1.29, 1.82) is 0 Å². The third kappa shape index (κ3) is 2.83. The predicted molar refractivity (Wildman–Crippen MR) is 65.8 cm³/mol. The largest absolute Gasteiger partial charge is 0.336 e. The van der Waals surface area contributed by atoms with E-state index in [-0.39, 0.29) is 6.04 Å². The molecule has 2 heterocycles. The summed E-state index contributed by atoms with van der Waals surface area (Å²) in [6.07, 6.45) is 2.40. The van der Waals surface area contributed by atoms with Crippen molar-refractivity contribution in [3.63, 3.8) is 0 Å². The zero-order valence-corrected chi connectivity index (χ0v) is 10.2. The molecule has 6 heteroatoms. The number of rotatable bonds is 4. The molecule has 0 amide bonds. The normalized spacial score (nSPS) is 19.3. The van der Waals surface area contributed by atoms with E-state index in [9.17, 15) is 0 Å². The number of piperazine rings is 1. The van der Waals surface area contributed by atoms with Gasteiger partial charge < -0.3 is 20.1 Å². The summed E-state index contributed by atoms with van der Waals surface area (Å²) in [6.45, 7) is 7.52. The zero-order valence-electron chi connectivity index (χ0n) is 10.2. The smallest absolute Gasteiger partial charge is 0.266 e. The Kier molecular flexibility index (Phi) is 3.75. The van der Waals surface area contributed by atoms with Crippen LogP contribution < -0.4 is 10.6 Å². The Labute approximate surface area is 101 Å². The molecule has 1 aliphatic rings. The van der Waals surface area contributed by atoms with Gasteiger partial charge in [-0.25, -0.2) is 0 Å². The average molecular weight is 237 g/mol. The number of nitrogens with zero attached hydrogens (tertiary/aromatic N) is 4. The predicted octanol–water partition coefficient (Wildman–Crippen LogP) is 0.397. The average Bonchev–Trinajstić information content (AvgIpc) is 2.80. The molecule has 1 unspecified atom stereocenters. The molecule has 1 aromatic heterocycles. The summed E-state index contributed by atoms with van der Waals surface area (Å²) in [5, 5.41) is 3.98. The zero-order chi connectivity index (χ0) is 12.3. The highest BCUT2D eigenvalue weighted by Gasteiger charge is 2.20. The molecule has 2 N–H and O–H groups in total. The van der Waals surface area contributed by atoms with Gasteiger partial charge in [0.05, 0.1) is 6.04 Å². The van der Waals surface area contributed by atoms with Crippen LogP contribution in [-0.2, 0) is 0 Å². The Morgan fingerprint density at radius 3 is 2.82 bits per heavy atom. The third-order valence-corrected chi connectivity index (χ3v) is 2.95. The molecule has 0 spiro atoms. The van der Waals surface area contributed by atoms with Crippen LogP contribution in [0.3, 0.4) is 0 Å². The topological polar surface area (TPSA) is 71.4 Å². The molecule has 94 valence electrons. The number of likely N-dealkylation sites (N-methyl/N-ethyl adjacent to an activating group) is 1. The van der Waals surface area contributed by atoms with E-state index in [2.05, 4.69) is 33.6 Å². The second-order valence-electron chi connectivity index (χ2n) is 4.35. The summed E-state index contributed by atoms with van der Waals surface area (Å²) in [5.74, 6) is 1.13. The molecular weight excluding hydrogens is 218 g/mol. The van der Waals surface area contributed by atoms with Crippen molar-refractivity contribution in [2.24, 2.45) is 5.73 Å². The Morgan fingerprint density at radius 2 is 2.18 bits per heavy atom. The van der Waals surface area contributed by atoms with E-state index in [0.717, 1.165) is 26.2 Å². The molecule has 0 radical (unpaired) electrons. The van der Waals surface area contributed by atoms with Crippen LogP contribution in [0.1, 0.15) is 18.4 Å². The summed E-state index contributed by atoms with van der Waals surface area (Å²) in [4.78, 5) is 8.73. The first-order valence-electron chi connectivity index (χ1n) is 5.84. The number of hydrogen-bond donors (Lipinski definition) is 1. The monoisotopic (exact) mass is 237 g/mol. The summed E-state index contributed by atoms with van der Waals surface area (Å²) in [5.41, 5.74) is 5.88. The first kappa shape index (κ1) is 12.1. The maximum atomic E-state index is 5.88. The molecule has 1 saturated heterocycles. The lowest BCUT2D eigenvalue weighted by Gasteiger charge is -2.31. The van der Waals surface area contributed by atoms with Crippen LogP contribution in [0.25, 0.3) is 0 Å². The van der Waals surface area contributed by atoms with Gasteiger partial charge in [-0.05, 0) is 18.6 Å². The van der Waals surface area contributed by atoms with Gasteiger partial charge in [0.25, 0.3) is 5.95 Å². The standard InChI is InChI=1S/C11H19N5O/c1-3-4-9(12)10-13-11(14-17-10)16-7-5-15(2)6-8-16/h3,9H,1,4-8,12H2,2H3. The minimum Gasteiger partial charge on any atom is -0.336 e. The van der Waals surface area contributed by atoms with Crippen molar-refractivity contribution in [2.45, 2.75) is 12.5 Å². The van der Waals surface area contributed by atoms with Crippen LogP contribution in [0.5, 0.6) is 0 Å². The fraction of sp³-hybridized carbons (Fsp3) is 0.636. The second kappa shape index (κ2) is 5.29. The van der Waals surface area contributed by atoms with Crippen molar-refractivity contribution < 1.29 is 4.52 Å². The van der Waals surface area contributed by atoms with Crippen LogP contribution in [0, 0.1) is 0 Å². The van der Waals surface area contributed by atoms with Crippen LogP contribution >= 0.6 is 0 Å². The Bertz CT molecular complexity index is 370. The number of nitrogens with two attached hydrogens (primary N) is 1. The maximum Gasteiger partial charge on any atom is 0.266 e. The van der Waals surface area contributed by atoms with E-state index in [4.69, 9.17) is 10.3 Å². The minimum atomic E-state index is -0.249. The van der Waals surface area contributed by atoms with Crippen molar-refractivity contribution >= 4 is 5.95 Å². The summed E-state index contributed by atoms with van der Waals surface area (Å²) < 4.78 is 5.17. The van der Waals surface area contributed by atoms with Gasteiger partial charge in [-0.15, -0.1) is 6.58 Å². The van der Waals surface area contributed by atoms with Gasteiger partial charge >= 0.3 is 0 Å². The molecule has 2 rings (SSSR count). The lowest BCUT2D eigenvalue weighted by Crippen LogP contribution is -2.44. The molecule has 1 aliphatic heterocycles. The molecule has 1 aromatic rings. The van der Waals surface area contributed by atoms with E-state index >= 15 is 0 Å². The van der Waals surface area contributed by atoms with E-state index in [1.165, 1.54) is 0 Å². The van der Waals surface area contributed by atoms with E-state index in [1.54, 1.807) is 6.08 Å². The highest BCUT2D eigenvalue weighted by atomic mass is 16.5. The SMILES string of the molecule is C=CCC(N)c1nc(N2CCN(C)CC2)no1. The van der Waals surface area contributed by atoms with E-state index < -0.39 is 0 Å². The maximum absolute atomic E-state index is 5.88. The van der Waals surface area contributed by atoms with Crippen LogP contribution in [-0.4, -0.2) is 48.3 Å². The molecule has 0 bridgehead atoms. The van der Waals surface area contributed by atoms with Gasteiger partial charge in [0.15, 0.2) is 0 Å². The Hall–Kier alpha value is -1.40. The van der Waals surface area contributed by atoms with Gasteiger partial charge in [0, 0.05) is 26.2 Å². The Morgan fingerprint density at radius 1 is 1.47 bits per heavy atom.